The number of carbonyl (C=O) groups is 3. The van der Waals surface area contributed by atoms with E-state index in [2.05, 4.69) is 18.7 Å². The van der Waals surface area contributed by atoms with Gasteiger partial charge in [0.15, 0.2) is 11.4 Å². The van der Waals surface area contributed by atoms with E-state index in [0.717, 1.165) is 19.3 Å². The highest BCUT2D eigenvalue weighted by molar-refractivity contribution is 6.33. The molecule has 3 aliphatic carbocycles. The predicted octanol–water partition coefficient (Wildman–Crippen LogP) is 3.00. The second-order valence-electron chi connectivity index (χ2n) is 10.9. The first-order chi connectivity index (χ1) is 17.4. The number of carbonyl (C=O) groups excluding carboxylic acids is 3. The molecule has 3 unspecified atom stereocenters. The number of aliphatic hydroxyl groups is 3. The van der Waals surface area contributed by atoms with Crippen molar-refractivity contribution >= 4 is 29.1 Å². The number of nitrogens with two attached hydrogens (primary N) is 1. The number of fused-ring (bicyclic) bond motifs is 3. The van der Waals surface area contributed by atoms with Gasteiger partial charge in [0.05, 0.1) is 5.56 Å². The van der Waals surface area contributed by atoms with Gasteiger partial charge in [0.2, 0.25) is 5.78 Å². The molecule has 0 radical (unpaired) electrons. The number of primary amides is 1. The van der Waals surface area contributed by atoms with Gasteiger partial charge < -0.3 is 26.2 Å². The van der Waals surface area contributed by atoms with Crippen molar-refractivity contribution in [1.82, 2.24) is 4.90 Å². The lowest BCUT2D eigenvalue weighted by molar-refractivity contribution is -0.144. The van der Waals surface area contributed by atoms with Crippen molar-refractivity contribution in [2.45, 2.75) is 76.6 Å². The van der Waals surface area contributed by atoms with Crippen molar-refractivity contribution in [2.24, 2.45) is 17.6 Å². The number of ketones is 2. The van der Waals surface area contributed by atoms with E-state index in [1.807, 2.05) is 0 Å². The van der Waals surface area contributed by atoms with Crippen molar-refractivity contribution in [3.63, 3.8) is 0 Å². The first-order valence-corrected chi connectivity index (χ1v) is 13.0. The Bertz CT molecular complexity index is 1290. The van der Waals surface area contributed by atoms with E-state index in [-0.39, 0.29) is 36.1 Å². The maximum atomic E-state index is 13.6. The molecule has 1 aliphatic heterocycles. The molecule has 1 saturated heterocycles. The highest BCUT2D eigenvalue weighted by Crippen LogP contribution is 2.52. The number of hydrogen-bond acceptors (Lipinski definition) is 8. The summed E-state index contributed by atoms with van der Waals surface area (Å²) in [4.78, 5) is 40.7. The van der Waals surface area contributed by atoms with Gasteiger partial charge >= 0.3 is 0 Å². The third kappa shape index (κ3) is 3.70. The quantitative estimate of drug-likeness (QED) is 0.372. The maximum absolute atomic E-state index is 13.6. The van der Waals surface area contributed by atoms with Crippen LogP contribution >= 0.6 is 11.6 Å². The number of allylic oxidation sites excluding steroid dienone is 2. The van der Waals surface area contributed by atoms with Crippen molar-refractivity contribution < 1.29 is 34.8 Å². The smallest absolute Gasteiger partial charge is 0.255 e. The number of likely N-dealkylation sites (tertiary alicyclic amines) is 1. The number of nitrogens with zero attached hydrogens (tertiary/aromatic N) is 1. The van der Waals surface area contributed by atoms with Crippen molar-refractivity contribution in [3.05, 3.63) is 50.4 Å². The van der Waals surface area contributed by atoms with E-state index in [0.29, 0.717) is 34.8 Å². The molecule has 0 bridgehead atoms. The van der Waals surface area contributed by atoms with Crippen LogP contribution in [-0.2, 0) is 22.6 Å². The van der Waals surface area contributed by atoms with Gasteiger partial charge in [-0.15, -0.1) is 0 Å². The maximum Gasteiger partial charge on any atom is 0.255 e. The number of phenolic OH excluding ortho intramolecular Hbond substituents is 1. The van der Waals surface area contributed by atoms with Crippen molar-refractivity contribution in [3.8, 4) is 5.75 Å². The Hall–Kier alpha value is -2.88. The molecule has 1 aromatic carbocycles. The van der Waals surface area contributed by atoms with Crippen LogP contribution in [0.25, 0.3) is 0 Å². The normalized spacial score (nSPS) is 32.2. The average molecular weight is 531 g/mol. The van der Waals surface area contributed by atoms with Gasteiger partial charge in [-0.3, -0.25) is 19.3 Å². The van der Waals surface area contributed by atoms with Crippen LogP contribution in [0.15, 0.2) is 28.7 Å². The number of phenols is 1. The van der Waals surface area contributed by atoms with E-state index < -0.39 is 52.0 Å². The predicted molar refractivity (Wildman–Crippen MR) is 134 cm³/mol. The van der Waals surface area contributed by atoms with Crippen LogP contribution in [0.4, 0.5) is 0 Å². The van der Waals surface area contributed by atoms with Crippen LogP contribution in [0.5, 0.6) is 5.75 Å². The monoisotopic (exact) mass is 530 g/mol. The van der Waals surface area contributed by atoms with Crippen LogP contribution in [-0.4, -0.2) is 60.5 Å². The van der Waals surface area contributed by atoms with Crippen molar-refractivity contribution in [1.29, 1.82) is 0 Å². The molecule has 1 aromatic rings. The highest BCUT2D eigenvalue weighted by Gasteiger charge is 2.59. The molecule has 1 amide bonds. The standard InChI is InChI=1S/C27H31ClN2O7/c1-11-4-3-5-12(2)30(11)10-14-8-17(31)20-16(22(14)28)7-13-6-15-9-18(32)21(26(29)36)25(35)27(15,37)24(34)19(13)23(20)33/h8,11-13,15,31-32,34,37H,3-7,9-10H2,1-2H3,(H2,29,36)/t11?,12?,13?,15-,27-/m0/s1. The lowest BCUT2D eigenvalue weighted by Gasteiger charge is -2.45. The number of aromatic hydroxyl groups is 1. The second kappa shape index (κ2) is 8.85. The summed E-state index contributed by atoms with van der Waals surface area (Å²) in [6, 6.07) is 2.16. The zero-order valence-electron chi connectivity index (χ0n) is 20.8. The number of benzene rings is 1. The van der Waals surface area contributed by atoms with Gasteiger partial charge in [0, 0.05) is 41.6 Å². The summed E-state index contributed by atoms with van der Waals surface area (Å²) in [5, 5.41) is 44.0. The molecule has 5 atom stereocenters. The minimum atomic E-state index is -2.57. The first-order valence-electron chi connectivity index (χ1n) is 12.6. The van der Waals surface area contributed by atoms with E-state index in [1.165, 1.54) is 6.07 Å². The fourth-order valence-electron chi connectivity index (χ4n) is 6.82. The second-order valence-corrected chi connectivity index (χ2v) is 11.3. The molecule has 10 heteroatoms. The minimum Gasteiger partial charge on any atom is -0.511 e. The zero-order chi connectivity index (χ0) is 27.0. The number of piperidine rings is 1. The molecule has 0 saturated carbocycles. The molecule has 1 fully saturated rings. The lowest BCUT2D eigenvalue weighted by atomic mass is 9.60. The zero-order valence-corrected chi connectivity index (χ0v) is 21.5. The van der Waals surface area contributed by atoms with Crippen molar-refractivity contribution in [2.75, 3.05) is 0 Å². The minimum absolute atomic E-state index is 0.0647. The van der Waals surface area contributed by atoms with E-state index >= 15 is 0 Å². The molecule has 0 spiro atoms. The van der Waals surface area contributed by atoms with Crippen LogP contribution in [0.3, 0.4) is 0 Å². The van der Waals surface area contributed by atoms with Gasteiger partial charge in [0.25, 0.3) is 5.91 Å². The third-order valence-corrected chi connectivity index (χ3v) is 9.27. The highest BCUT2D eigenvalue weighted by atomic mass is 35.5. The number of amides is 1. The van der Waals surface area contributed by atoms with Gasteiger partial charge in [-0.1, -0.05) is 18.0 Å². The summed E-state index contributed by atoms with van der Waals surface area (Å²) < 4.78 is 0. The summed E-state index contributed by atoms with van der Waals surface area (Å²) in [6.07, 6.45) is 3.28. The topological polar surface area (TPSA) is 161 Å². The van der Waals surface area contributed by atoms with Crippen LogP contribution in [0.2, 0.25) is 5.02 Å². The molecule has 9 nitrogen and oxygen atoms in total. The molecular weight excluding hydrogens is 500 g/mol. The Labute approximate surface area is 219 Å². The number of halogens is 1. The summed E-state index contributed by atoms with van der Waals surface area (Å²) in [5.41, 5.74) is 2.78. The molecule has 4 aliphatic rings. The molecule has 0 aromatic heterocycles. The average Bonchev–Trinajstić information content (AvgIpc) is 2.81. The Morgan fingerprint density at radius 2 is 1.81 bits per heavy atom. The summed E-state index contributed by atoms with van der Waals surface area (Å²) >= 11 is 6.84. The first kappa shape index (κ1) is 25.8. The molecule has 6 N–H and O–H groups in total. The Morgan fingerprint density at radius 3 is 2.43 bits per heavy atom. The Kier molecular flexibility index (Phi) is 6.16. The Balaban J connectivity index is 1.57. The summed E-state index contributed by atoms with van der Waals surface area (Å²) in [5.74, 6) is -6.48. The van der Waals surface area contributed by atoms with E-state index in [1.54, 1.807) is 0 Å². The lowest BCUT2D eigenvalue weighted by Crippen LogP contribution is -2.57. The van der Waals surface area contributed by atoms with Crippen LogP contribution < -0.4 is 5.73 Å². The molecular formula is C27H31ClN2O7. The number of hydrogen-bond donors (Lipinski definition) is 5. The van der Waals surface area contributed by atoms with E-state index in [4.69, 9.17) is 17.3 Å². The fraction of sp³-hybridized carbons (Fsp3) is 0.519. The van der Waals surface area contributed by atoms with Gasteiger partial charge in [-0.2, -0.15) is 0 Å². The van der Waals surface area contributed by atoms with Crippen LogP contribution in [0, 0.1) is 11.8 Å². The van der Waals surface area contributed by atoms with Gasteiger partial charge in [-0.05, 0) is 62.6 Å². The van der Waals surface area contributed by atoms with Gasteiger partial charge in [-0.25, -0.2) is 0 Å². The molecule has 198 valence electrons. The SMILES string of the molecule is CC1CCCC(C)N1Cc1cc(O)c2c(c1Cl)CC1C[C@H]3CC(O)=C(C(N)=O)C(=O)[C@@]3(O)C(O)=C1C2=O. The fourth-order valence-corrected chi connectivity index (χ4v) is 7.11. The number of rotatable bonds is 3. The summed E-state index contributed by atoms with van der Waals surface area (Å²) in [6.45, 7) is 4.83. The van der Waals surface area contributed by atoms with E-state index in [9.17, 15) is 34.8 Å². The summed E-state index contributed by atoms with van der Waals surface area (Å²) in [7, 11) is 0. The number of aliphatic hydroxyl groups excluding tert-OH is 2. The molecule has 5 rings (SSSR count). The largest absolute Gasteiger partial charge is 0.511 e. The number of Topliss-reactive ketones (excluding diaryl/α,β-unsaturated/α-hetero) is 2. The molecule has 37 heavy (non-hydrogen) atoms. The molecule has 1 heterocycles. The third-order valence-electron chi connectivity index (χ3n) is 8.80. The Morgan fingerprint density at radius 1 is 1.16 bits per heavy atom. The van der Waals surface area contributed by atoms with Gasteiger partial charge in [0.1, 0.15) is 22.8 Å². The van der Waals surface area contributed by atoms with Crippen LogP contribution in [0.1, 0.15) is 67.4 Å².